The predicted octanol–water partition coefficient (Wildman–Crippen LogP) is 1.63. The van der Waals surface area contributed by atoms with E-state index in [2.05, 4.69) is 9.72 Å². The van der Waals surface area contributed by atoms with Crippen molar-refractivity contribution in [1.29, 1.82) is 0 Å². The molecule has 0 saturated carbocycles. The highest BCUT2D eigenvalue weighted by atomic mass is 19.3. The molecular weight excluding hydrogens is 242 g/mol. The molecule has 0 aromatic carbocycles. The summed E-state index contributed by atoms with van der Waals surface area (Å²) in [4.78, 5) is 23.5. The minimum atomic E-state index is -3.05. The Labute approximate surface area is 92.8 Å². The van der Waals surface area contributed by atoms with Crippen molar-refractivity contribution in [3.05, 3.63) is 27.4 Å². The van der Waals surface area contributed by atoms with Gasteiger partial charge in [0.05, 0.1) is 12.0 Å². The summed E-state index contributed by atoms with van der Waals surface area (Å²) in [5.74, 6) is -2.47. The molecule has 0 fully saturated rings. The molecule has 0 unspecified atom stereocenters. The second kappa shape index (κ2) is 4.68. The molecule has 9 heteroatoms. The molecule has 7 nitrogen and oxygen atoms in total. The summed E-state index contributed by atoms with van der Waals surface area (Å²) in [5, 5.41) is 19.3. The number of carboxylic acids is 1. The van der Waals surface area contributed by atoms with Gasteiger partial charge in [0.2, 0.25) is 0 Å². The molecule has 0 radical (unpaired) electrons. The van der Waals surface area contributed by atoms with Gasteiger partial charge in [0.1, 0.15) is 11.3 Å². The number of hydrogen-bond acceptors (Lipinski definition) is 5. The quantitative estimate of drug-likeness (QED) is 0.641. The van der Waals surface area contributed by atoms with Gasteiger partial charge in [-0.3, -0.25) is 10.1 Å². The number of rotatable bonds is 4. The first-order chi connectivity index (χ1) is 7.88. The number of halogens is 2. The van der Waals surface area contributed by atoms with Crippen LogP contribution in [0.3, 0.4) is 0 Å². The van der Waals surface area contributed by atoms with Crippen molar-refractivity contribution < 1.29 is 28.3 Å². The Hall–Kier alpha value is -2.32. The van der Waals surface area contributed by atoms with Crippen LogP contribution < -0.4 is 4.74 Å². The van der Waals surface area contributed by atoms with Gasteiger partial charge in [-0.25, -0.2) is 18.6 Å². The van der Waals surface area contributed by atoms with Crippen LogP contribution in [-0.2, 0) is 0 Å². The standard InChI is InChI=1S/C8H6F2N2O5/c1-17-7-5(12(15)16)3(8(13)14)2-4(11-7)6(9)10/h2,6H,1H3,(H,13,14). The summed E-state index contributed by atoms with van der Waals surface area (Å²) in [6.45, 7) is 0. The van der Waals surface area contributed by atoms with Crippen molar-refractivity contribution >= 4 is 11.7 Å². The van der Waals surface area contributed by atoms with Gasteiger partial charge in [0, 0.05) is 0 Å². The number of alkyl halides is 2. The highest BCUT2D eigenvalue weighted by molar-refractivity contribution is 5.93. The monoisotopic (exact) mass is 248 g/mol. The molecule has 0 spiro atoms. The summed E-state index contributed by atoms with van der Waals surface area (Å²) >= 11 is 0. The third kappa shape index (κ3) is 2.44. The van der Waals surface area contributed by atoms with Crippen molar-refractivity contribution in [1.82, 2.24) is 4.98 Å². The van der Waals surface area contributed by atoms with E-state index in [0.29, 0.717) is 6.07 Å². The highest BCUT2D eigenvalue weighted by Gasteiger charge is 2.30. The summed E-state index contributed by atoms with van der Waals surface area (Å²) in [6.07, 6.45) is -3.05. The maximum absolute atomic E-state index is 12.4. The summed E-state index contributed by atoms with van der Waals surface area (Å²) in [7, 11) is 0.968. The van der Waals surface area contributed by atoms with Crippen molar-refractivity contribution in [2.45, 2.75) is 6.43 Å². The molecule has 1 aromatic rings. The van der Waals surface area contributed by atoms with Gasteiger partial charge in [-0.05, 0) is 6.07 Å². The van der Waals surface area contributed by atoms with Crippen LogP contribution in [0.4, 0.5) is 14.5 Å². The molecule has 0 aliphatic rings. The number of nitro groups is 1. The SMILES string of the molecule is COc1nc(C(F)F)cc(C(=O)O)c1[N+](=O)[O-]. The smallest absolute Gasteiger partial charge is 0.345 e. The minimum Gasteiger partial charge on any atom is -0.477 e. The Kier molecular flexibility index (Phi) is 3.51. The van der Waals surface area contributed by atoms with E-state index in [1.807, 2.05) is 0 Å². The van der Waals surface area contributed by atoms with E-state index in [-0.39, 0.29) is 0 Å². The molecule has 0 amide bonds. The Balaban J connectivity index is 3.57. The van der Waals surface area contributed by atoms with Gasteiger partial charge < -0.3 is 9.84 Å². The van der Waals surface area contributed by atoms with E-state index >= 15 is 0 Å². The molecule has 0 atom stereocenters. The van der Waals surface area contributed by atoms with Gasteiger partial charge in [0.15, 0.2) is 0 Å². The van der Waals surface area contributed by atoms with E-state index in [1.165, 1.54) is 0 Å². The Morgan fingerprint density at radius 3 is 2.59 bits per heavy atom. The Morgan fingerprint density at radius 2 is 2.24 bits per heavy atom. The zero-order valence-electron chi connectivity index (χ0n) is 8.39. The van der Waals surface area contributed by atoms with Crippen LogP contribution in [0.15, 0.2) is 6.07 Å². The fraction of sp³-hybridized carbons (Fsp3) is 0.250. The lowest BCUT2D eigenvalue weighted by Crippen LogP contribution is -2.08. The summed E-state index contributed by atoms with van der Waals surface area (Å²) < 4.78 is 29.2. The lowest BCUT2D eigenvalue weighted by molar-refractivity contribution is -0.386. The first-order valence-electron chi connectivity index (χ1n) is 4.13. The van der Waals surface area contributed by atoms with Gasteiger partial charge >= 0.3 is 11.7 Å². The molecule has 1 rings (SSSR count). The number of hydrogen-bond donors (Lipinski definition) is 1. The number of ether oxygens (including phenoxy) is 1. The summed E-state index contributed by atoms with van der Waals surface area (Å²) in [5.41, 5.74) is -2.74. The molecule has 17 heavy (non-hydrogen) atoms. The van der Waals surface area contributed by atoms with Crippen molar-refractivity contribution in [2.24, 2.45) is 0 Å². The zero-order chi connectivity index (χ0) is 13.2. The maximum atomic E-state index is 12.4. The van der Waals surface area contributed by atoms with Crippen molar-refractivity contribution in [3.63, 3.8) is 0 Å². The Morgan fingerprint density at radius 1 is 1.65 bits per heavy atom. The van der Waals surface area contributed by atoms with E-state index in [4.69, 9.17) is 5.11 Å². The summed E-state index contributed by atoms with van der Waals surface area (Å²) in [6, 6.07) is 0.452. The van der Waals surface area contributed by atoms with E-state index in [1.54, 1.807) is 0 Å². The fourth-order valence-corrected chi connectivity index (χ4v) is 1.13. The first kappa shape index (κ1) is 12.7. The van der Waals surface area contributed by atoms with E-state index in [9.17, 15) is 23.7 Å². The number of carbonyl (C=O) groups is 1. The van der Waals surface area contributed by atoms with Crippen LogP contribution >= 0.6 is 0 Å². The molecule has 1 N–H and O–H groups in total. The van der Waals surface area contributed by atoms with Crippen molar-refractivity contribution in [2.75, 3.05) is 7.11 Å². The number of aromatic nitrogens is 1. The maximum Gasteiger partial charge on any atom is 0.345 e. The zero-order valence-corrected chi connectivity index (χ0v) is 8.39. The number of nitrogens with zero attached hydrogens (tertiary/aromatic N) is 2. The van der Waals surface area contributed by atoms with Gasteiger partial charge in [0.25, 0.3) is 12.3 Å². The first-order valence-corrected chi connectivity index (χ1v) is 4.13. The molecule has 0 aliphatic carbocycles. The minimum absolute atomic E-state index is 0.452. The lowest BCUT2D eigenvalue weighted by atomic mass is 10.2. The van der Waals surface area contributed by atoms with Crippen LogP contribution in [0.1, 0.15) is 22.5 Å². The second-order valence-electron chi connectivity index (χ2n) is 2.82. The molecule has 1 heterocycles. The van der Waals surface area contributed by atoms with Crippen LogP contribution in [-0.4, -0.2) is 28.1 Å². The average Bonchev–Trinajstić information content (AvgIpc) is 2.26. The molecule has 0 saturated heterocycles. The number of aromatic carboxylic acids is 1. The van der Waals surface area contributed by atoms with Gasteiger partial charge in [-0.1, -0.05) is 0 Å². The average molecular weight is 248 g/mol. The second-order valence-corrected chi connectivity index (χ2v) is 2.82. The molecule has 0 aliphatic heterocycles. The van der Waals surface area contributed by atoms with Crippen LogP contribution in [0.2, 0.25) is 0 Å². The lowest BCUT2D eigenvalue weighted by Gasteiger charge is -2.06. The largest absolute Gasteiger partial charge is 0.477 e. The van der Waals surface area contributed by atoms with Crippen molar-refractivity contribution in [3.8, 4) is 5.88 Å². The number of methoxy groups -OCH3 is 1. The van der Waals surface area contributed by atoms with Crippen LogP contribution in [0, 0.1) is 10.1 Å². The van der Waals surface area contributed by atoms with Gasteiger partial charge in [-0.15, -0.1) is 0 Å². The topological polar surface area (TPSA) is 103 Å². The molecule has 1 aromatic heterocycles. The third-order valence-electron chi connectivity index (χ3n) is 1.81. The predicted molar refractivity (Wildman–Crippen MR) is 49.4 cm³/mol. The highest BCUT2D eigenvalue weighted by Crippen LogP contribution is 2.32. The van der Waals surface area contributed by atoms with E-state index in [0.717, 1.165) is 7.11 Å². The van der Waals surface area contributed by atoms with Crippen LogP contribution in [0.25, 0.3) is 0 Å². The number of carboxylic acid groups (broad SMARTS) is 1. The molecule has 92 valence electrons. The van der Waals surface area contributed by atoms with E-state index < -0.39 is 40.1 Å². The third-order valence-corrected chi connectivity index (χ3v) is 1.81. The van der Waals surface area contributed by atoms with Crippen LogP contribution in [0.5, 0.6) is 5.88 Å². The molecule has 0 bridgehead atoms. The fourth-order valence-electron chi connectivity index (χ4n) is 1.13. The molecular formula is C8H6F2N2O5. The van der Waals surface area contributed by atoms with Gasteiger partial charge in [-0.2, -0.15) is 0 Å². The number of pyridine rings is 1. The normalized spacial score (nSPS) is 10.4. The Bertz CT molecular complexity index is 477.